The van der Waals surface area contributed by atoms with Crippen LogP contribution in [0.2, 0.25) is 0 Å². The summed E-state index contributed by atoms with van der Waals surface area (Å²) in [5.74, 6) is 0.325. The van der Waals surface area contributed by atoms with Crippen LogP contribution >= 0.6 is 0 Å². The van der Waals surface area contributed by atoms with E-state index in [1.54, 1.807) is 6.20 Å². The molecule has 0 bridgehead atoms. The van der Waals surface area contributed by atoms with Crippen LogP contribution in [0.1, 0.15) is 32.7 Å². The molecule has 3 aromatic rings. The van der Waals surface area contributed by atoms with Crippen molar-refractivity contribution in [1.29, 1.82) is 0 Å². The molecule has 0 aliphatic carbocycles. The summed E-state index contributed by atoms with van der Waals surface area (Å²) in [6.45, 7) is 8.06. The molecule has 1 amide bonds. The van der Waals surface area contributed by atoms with Crippen LogP contribution in [-0.2, 0) is 0 Å². The number of anilines is 3. The second kappa shape index (κ2) is 7.35. The Bertz CT molecular complexity index is 949. The first-order valence-corrected chi connectivity index (χ1v) is 8.48. The standard InChI is InChI=1S/C21H22N4O/c1-13-8-9-15(3)18(10-13)24-20-12-22-19(11-23-20)21(26)25-17-7-5-6-14(2)16(17)4/h5-12H,1-4H3,(H,23,24)(H,25,26). The summed E-state index contributed by atoms with van der Waals surface area (Å²) in [6.07, 6.45) is 3.05. The number of rotatable bonds is 4. The zero-order chi connectivity index (χ0) is 18.7. The summed E-state index contributed by atoms with van der Waals surface area (Å²) < 4.78 is 0. The zero-order valence-electron chi connectivity index (χ0n) is 15.4. The van der Waals surface area contributed by atoms with Crippen LogP contribution in [0.25, 0.3) is 0 Å². The molecule has 0 spiro atoms. The van der Waals surface area contributed by atoms with Gasteiger partial charge in [0, 0.05) is 11.4 Å². The number of carbonyl (C=O) groups excluding carboxylic acids is 1. The predicted octanol–water partition coefficient (Wildman–Crippen LogP) is 4.71. The summed E-state index contributed by atoms with van der Waals surface area (Å²) in [5, 5.41) is 6.13. The number of nitrogens with one attached hydrogen (secondary N) is 2. The van der Waals surface area contributed by atoms with E-state index < -0.39 is 0 Å². The second-order valence-electron chi connectivity index (χ2n) is 6.43. The molecule has 0 unspecified atom stereocenters. The van der Waals surface area contributed by atoms with E-state index in [2.05, 4.69) is 38.8 Å². The fourth-order valence-electron chi connectivity index (χ4n) is 2.59. The van der Waals surface area contributed by atoms with Crippen molar-refractivity contribution >= 4 is 23.1 Å². The quantitative estimate of drug-likeness (QED) is 0.718. The van der Waals surface area contributed by atoms with E-state index in [9.17, 15) is 4.79 Å². The Morgan fingerprint density at radius 2 is 1.69 bits per heavy atom. The zero-order valence-corrected chi connectivity index (χ0v) is 15.4. The van der Waals surface area contributed by atoms with Gasteiger partial charge in [-0.05, 0) is 62.1 Å². The van der Waals surface area contributed by atoms with Gasteiger partial charge in [-0.15, -0.1) is 0 Å². The fraction of sp³-hybridized carbons (Fsp3) is 0.190. The molecule has 2 aromatic carbocycles. The summed E-state index contributed by atoms with van der Waals surface area (Å²) in [4.78, 5) is 21.0. The minimum Gasteiger partial charge on any atom is -0.339 e. The number of nitrogens with zero attached hydrogens (tertiary/aromatic N) is 2. The van der Waals surface area contributed by atoms with Crippen molar-refractivity contribution in [3.05, 3.63) is 76.7 Å². The maximum Gasteiger partial charge on any atom is 0.275 e. The molecule has 0 radical (unpaired) electrons. The topological polar surface area (TPSA) is 66.9 Å². The lowest BCUT2D eigenvalue weighted by Gasteiger charge is -2.11. The van der Waals surface area contributed by atoms with Gasteiger partial charge in [-0.2, -0.15) is 0 Å². The first kappa shape index (κ1) is 17.6. The third-order valence-electron chi connectivity index (χ3n) is 4.39. The van der Waals surface area contributed by atoms with Crippen LogP contribution < -0.4 is 10.6 Å². The third-order valence-corrected chi connectivity index (χ3v) is 4.39. The van der Waals surface area contributed by atoms with E-state index in [0.29, 0.717) is 5.82 Å². The fourth-order valence-corrected chi connectivity index (χ4v) is 2.59. The third kappa shape index (κ3) is 3.88. The van der Waals surface area contributed by atoms with Crippen molar-refractivity contribution in [2.75, 3.05) is 10.6 Å². The van der Waals surface area contributed by atoms with E-state index in [0.717, 1.165) is 33.6 Å². The van der Waals surface area contributed by atoms with Crippen molar-refractivity contribution in [2.45, 2.75) is 27.7 Å². The lowest BCUT2D eigenvalue weighted by atomic mass is 10.1. The van der Waals surface area contributed by atoms with Gasteiger partial charge >= 0.3 is 0 Å². The number of carbonyl (C=O) groups is 1. The van der Waals surface area contributed by atoms with Gasteiger partial charge in [-0.1, -0.05) is 24.3 Å². The number of amides is 1. The van der Waals surface area contributed by atoms with Crippen molar-refractivity contribution in [1.82, 2.24) is 9.97 Å². The number of aromatic nitrogens is 2. The monoisotopic (exact) mass is 346 g/mol. The van der Waals surface area contributed by atoms with Crippen molar-refractivity contribution in [3.8, 4) is 0 Å². The maximum atomic E-state index is 12.4. The van der Waals surface area contributed by atoms with Crippen LogP contribution in [0.4, 0.5) is 17.2 Å². The lowest BCUT2D eigenvalue weighted by Crippen LogP contribution is -2.15. The molecule has 5 nitrogen and oxygen atoms in total. The van der Waals surface area contributed by atoms with Crippen LogP contribution in [0.15, 0.2) is 48.8 Å². The molecule has 26 heavy (non-hydrogen) atoms. The van der Waals surface area contributed by atoms with E-state index in [1.165, 1.54) is 6.20 Å². The molecule has 2 N–H and O–H groups in total. The molecule has 0 fully saturated rings. The highest BCUT2D eigenvalue weighted by molar-refractivity contribution is 6.03. The molecule has 3 rings (SSSR count). The Hall–Kier alpha value is -3.21. The summed E-state index contributed by atoms with van der Waals surface area (Å²) in [5.41, 5.74) is 6.49. The van der Waals surface area contributed by atoms with Crippen molar-refractivity contribution < 1.29 is 4.79 Å². The van der Waals surface area contributed by atoms with Crippen LogP contribution in [0.5, 0.6) is 0 Å². The summed E-state index contributed by atoms with van der Waals surface area (Å²) in [6, 6.07) is 12.0. The lowest BCUT2D eigenvalue weighted by molar-refractivity contribution is 0.102. The molecule has 132 valence electrons. The Labute approximate surface area is 153 Å². The number of aryl methyl sites for hydroxylation is 3. The summed E-state index contributed by atoms with van der Waals surface area (Å²) in [7, 11) is 0. The Morgan fingerprint density at radius 3 is 2.42 bits per heavy atom. The minimum atomic E-state index is -0.274. The highest BCUT2D eigenvalue weighted by atomic mass is 16.1. The van der Waals surface area contributed by atoms with Crippen molar-refractivity contribution in [3.63, 3.8) is 0 Å². The molecule has 5 heteroatoms. The average molecular weight is 346 g/mol. The predicted molar refractivity (Wildman–Crippen MR) is 105 cm³/mol. The van der Waals surface area contributed by atoms with Crippen LogP contribution in [0.3, 0.4) is 0 Å². The van der Waals surface area contributed by atoms with Gasteiger partial charge in [-0.3, -0.25) is 4.79 Å². The molecule has 0 aliphatic rings. The molecular weight excluding hydrogens is 324 g/mol. The van der Waals surface area contributed by atoms with Gasteiger partial charge in [0.25, 0.3) is 5.91 Å². The molecule has 0 aliphatic heterocycles. The molecule has 1 aromatic heterocycles. The smallest absolute Gasteiger partial charge is 0.275 e. The highest BCUT2D eigenvalue weighted by Gasteiger charge is 2.11. The molecular formula is C21H22N4O. The molecule has 0 saturated carbocycles. The number of hydrogen-bond acceptors (Lipinski definition) is 4. The van der Waals surface area contributed by atoms with Gasteiger partial charge in [-0.25, -0.2) is 9.97 Å². The van der Waals surface area contributed by atoms with Gasteiger partial charge in [0.1, 0.15) is 11.5 Å². The first-order valence-electron chi connectivity index (χ1n) is 8.48. The summed E-state index contributed by atoms with van der Waals surface area (Å²) >= 11 is 0. The average Bonchev–Trinajstić information content (AvgIpc) is 2.62. The highest BCUT2D eigenvalue weighted by Crippen LogP contribution is 2.21. The Kier molecular flexibility index (Phi) is 4.98. The minimum absolute atomic E-state index is 0.274. The van der Waals surface area contributed by atoms with E-state index in [-0.39, 0.29) is 11.6 Å². The largest absolute Gasteiger partial charge is 0.339 e. The van der Waals surface area contributed by atoms with Crippen LogP contribution in [0, 0.1) is 27.7 Å². The van der Waals surface area contributed by atoms with Gasteiger partial charge in [0.05, 0.1) is 12.4 Å². The maximum absolute atomic E-state index is 12.4. The Balaban J connectivity index is 1.73. The molecule has 0 saturated heterocycles. The van der Waals surface area contributed by atoms with E-state index >= 15 is 0 Å². The Morgan fingerprint density at radius 1 is 0.885 bits per heavy atom. The SMILES string of the molecule is Cc1ccc(C)c(Nc2cnc(C(=O)Nc3cccc(C)c3C)cn2)c1. The van der Waals surface area contributed by atoms with E-state index in [1.807, 2.05) is 45.9 Å². The van der Waals surface area contributed by atoms with Gasteiger partial charge in [0.2, 0.25) is 0 Å². The van der Waals surface area contributed by atoms with Crippen molar-refractivity contribution in [2.24, 2.45) is 0 Å². The van der Waals surface area contributed by atoms with E-state index in [4.69, 9.17) is 0 Å². The number of benzene rings is 2. The normalized spacial score (nSPS) is 10.5. The van der Waals surface area contributed by atoms with Gasteiger partial charge in [0.15, 0.2) is 0 Å². The second-order valence-corrected chi connectivity index (χ2v) is 6.43. The number of hydrogen-bond donors (Lipinski definition) is 2. The molecule has 1 heterocycles. The van der Waals surface area contributed by atoms with Crippen LogP contribution in [-0.4, -0.2) is 15.9 Å². The molecule has 0 atom stereocenters. The first-order chi connectivity index (χ1) is 12.4. The van der Waals surface area contributed by atoms with Gasteiger partial charge < -0.3 is 10.6 Å².